The number of rotatable bonds is 6. The SMILES string of the molecule is COc1ccc(NC(=O)C2CC(=O)N(c3cc(C)ccc3OC)C2)cc1NC(C)=O. The highest BCUT2D eigenvalue weighted by Gasteiger charge is 2.36. The molecule has 0 radical (unpaired) electrons. The number of amides is 3. The lowest BCUT2D eigenvalue weighted by Gasteiger charge is -2.20. The third-order valence-corrected chi connectivity index (χ3v) is 4.90. The molecular weight excluding hydrogens is 386 g/mol. The van der Waals surface area contributed by atoms with Crippen LogP contribution in [0, 0.1) is 12.8 Å². The van der Waals surface area contributed by atoms with Gasteiger partial charge in [0.25, 0.3) is 0 Å². The lowest BCUT2D eigenvalue weighted by Crippen LogP contribution is -2.28. The summed E-state index contributed by atoms with van der Waals surface area (Å²) >= 11 is 0. The molecule has 2 aromatic rings. The molecule has 1 fully saturated rings. The summed E-state index contributed by atoms with van der Waals surface area (Å²) in [4.78, 5) is 38.4. The zero-order valence-corrected chi connectivity index (χ0v) is 17.4. The largest absolute Gasteiger partial charge is 0.495 e. The van der Waals surface area contributed by atoms with E-state index in [-0.39, 0.29) is 30.7 Å². The number of hydrogen-bond donors (Lipinski definition) is 2. The van der Waals surface area contributed by atoms with Crippen molar-refractivity contribution in [3.05, 3.63) is 42.0 Å². The number of carbonyl (C=O) groups excluding carboxylic acids is 3. The molecule has 30 heavy (non-hydrogen) atoms. The number of aryl methyl sites for hydroxylation is 1. The van der Waals surface area contributed by atoms with E-state index < -0.39 is 5.92 Å². The summed E-state index contributed by atoms with van der Waals surface area (Å²) in [6.07, 6.45) is 0.109. The smallest absolute Gasteiger partial charge is 0.229 e. The summed E-state index contributed by atoms with van der Waals surface area (Å²) in [7, 11) is 3.05. The van der Waals surface area contributed by atoms with Gasteiger partial charge in [0.15, 0.2) is 0 Å². The van der Waals surface area contributed by atoms with Crippen LogP contribution in [0.1, 0.15) is 18.9 Å². The van der Waals surface area contributed by atoms with Crippen LogP contribution in [-0.4, -0.2) is 38.5 Å². The minimum Gasteiger partial charge on any atom is -0.495 e. The van der Waals surface area contributed by atoms with Crippen molar-refractivity contribution < 1.29 is 23.9 Å². The molecule has 2 aromatic carbocycles. The van der Waals surface area contributed by atoms with Gasteiger partial charge in [-0.15, -0.1) is 0 Å². The molecule has 0 spiro atoms. The van der Waals surface area contributed by atoms with Gasteiger partial charge in [0.1, 0.15) is 11.5 Å². The van der Waals surface area contributed by atoms with Crippen molar-refractivity contribution in [2.24, 2.45) is 5.92 Å². The molecule has 0 bridgehead atoms. The van der Waals surface area contributed by atoms with Gasteiger partial charge < -0.3 is 25.0 Å². The Kier molecular flexibility index (Phi) is 6.25. The fraction of sp³-hybridized carbons (Fsp3) is 0.318. The number of nitrogens with zero attached hydrogens (tertiary/aromatic N) is 1. The molecule has 0 saturated carbocycles. The first-order chi connectivity index (χ1) is 14.3. The van der Waals surface area contributed by atoms with Gasteiger partial charge in [0.2, 0.25) is 17.7 Å². The first kappa shape index (κ1) is 21.2. The molecule has 0 aromatic heterocycles. The first-order valence-electron chi connectivity index (χ1n) is 9.54. The molecule has 8 heteroatoms. The normalized spacial score (nSPS) is 15.7. The van der Waals surface area contributed by atoms with E-state index in [9.17, 15) is 14.4 Å². The van der Waals surface area contributed by atoms with E-state index in [4.69, 9.17) is 9.47 Å². The molecule has 158 valence electrons. The van der Waals surface area contributed by atoms with E-state index in [2.05, 4.69) is 10.6 Å². The van der Waals surface area contributed by atoms with Crippen LogP contribution in [0.4, 0.5) is 17.1 Å². The third kappa shape index (κ3) is 4.53. The Labute approximate surface area is 175 Å². The van der Waals surface area contributed by atoms with Gasteiger partial charge in [-0.2, -0.15) is 0 Å². The van der Waals surface area contributed by atoms with Crippen molar-refractivity contribution in [3.63, 3.8) is 0 Å². The number of ether oxygens (including phenoxy) is 2. The predicted octanol–water partition coefficient (Wildman–Crippen LogP) is 2.96. The summed E-state index contributed by atoms with van der Waals surface area (Å²) in [6.45, 7) is 3.59. The van der Waals surface area contributed by atoms with Crippen molar-refractivity contribution in [1.82, 2.24) is 0 Å². The lowest BCUT2D eigenvalue weighted by molar-refractivity contribution is -0.122. The fourth-order valence-electron chi connectivity index (χ4n) is 3.44. The van der Waals surface area contributed by atoms with Crippen LogP contribution in [0.5, 0.6) is 11.5 Å². The highest BCUT2D eigenvalue weighted by molar-refractivity contribution is 6.04. The highest BCUT2D eigenvalue weighted by atomic mass is 16.5. The molecule has 8 nitrogen and oxygen atoms in total. The molecule has 1 saturated heterocycles. The van der Waals surface area contributed by atoms with Gasteiger partial charge >= 0.3 is 0 Å². The average Bonchev–Trinajstić information content (AvgIpc) is 3.09. The Morgan fingerprint density at radius 2 is 1.73 bits per heavy atom. The maximum atomic E-state index is 12.8. The van der Waals surface area contributed by atoms with Gasteiger partial charge in [-0.1, -0.05) is 6.07 Å². The zero-order chi connectivity index (χ0) is 21.8. The van der Waals surface area contributed by atoms with Crippen LogP contribution in [0.25, 0.3) is 0 Å². The topological polar surface area (TPSA) is 97.0 Å². The Morgan fingerprint density at radius 1 is 1.03 bits per heavy atom. The molecule has 1 heterocycles. The minimum atomic E-state index is -0.506. The second-order valence-corrected chi connectivity index (χ2v) is 7.17. The minimum absolute atomic E-state index is 0.109. The van der Waals surface area contributed by atoms with Crippen LogP contribution in [0.15, 0.2) is 36.4 Å². The Balaban J connectivity index is 1.75. The van der Waals surface area contributed by atoms with E-state index in [1.54, 1.807) is 30.2 Å². The van der Waals surface area contributed by atoms with E-state index in [1.165, 1.54) is 14.0 Å². The number of anilines is 3. The number of benzene rings is 2. The molecule has 1 unspecified atom stereocenters. The standard InChI is InChI=1S/C22H25N3O5/c1-13-5-7-20(30-4)18(9-13)25-12-15(10-21(25)27)22(28)24-16-6-8-19(29-3)17(11-16)23-14(2)26/h5-9,11,15H,10,12H2,1-4H3,(H,23,26)(H,24,28). The summed E-state index contributed by atoms with van der Waals surface area (Å²) in [6, 6.07) is 10.6. The zero-order valence-electron chi connectivity index (χ0n) is 17.4. The summed E-state index contributed by atoms with van der Waals surface area (Å²) < 4.78 is 10.6. The average molecular weight is 411 g/mol. The third-order valence-electron chi connectivity index (χ3n) is 4.90. The Bertz CT molecular complexity index is 989. The molecule has 2 N–H and O–H groups in total. The molecule has 3 amide bonds. The van der Waals surface area contributed by atoms with Gasteiger partial charge in [-0.3, -0.25) is 14.4 Å². The van der Waals surface area contributed by atoms with Crippen LogP contribution in [0.2, 0.25) is 0 Å². The highest BCUT2D eigenvalue weighted by Crippen LogP contribution is 2.34. The van der Waals surface area contributed by atoms with Crippen molar-refractivity contribution in [2.75, 3.05) is 36.3 Å². The molecule has 1 aliphatic rings. The second kappa shape index (κ2) is 8.86. The monoisotopic (exact) mass is 411 g/mol. The fourth-order valence-corrected chi connectivity index (χ4v) is 3.44. The summed E-state index contributed by atoms with van der Waals surface area (Å²) in [5.74, 6) is -0.0823. The molecule has 1 aliphatic heterocycles. The van der Waals surface area contributed by atoms with E-state index in [1.807, 2.05) is 25.1 Å². The van der Waals surface area contributed by atoms with Crippen LogP contribution in [0.3, 0.4) is 0 Å². The molecule has 0 aliphatic carbocycles. The summed E-state index contributed by atoms with van der Waals surface area (Å²) in [5.41, 5.74) is 2.62. The Morgan fingerprint density at radius 3 is 2.40 bits per heavy atom. The first-order valence-corrected chi connectivity index (χ1v) is 9.54. The number of hydrogen-bond acceptors (Lipinski definition) is 5. The van der Waals surface area contributed by atoms with E-state index >= 15 is 0 Å². The van der Waals surface area contributed by atoms with Crippen molar-refractivity contribution >= 4 is 34.8 Å². The molecule has 1 atom stereocenters. The van der Waals surface area contributed by atoms with Gasteiger partial charge in [-0.05, 0) is 42.8 Å². The number of nitrogens with one attached hydrogen (secondary N) is 2. The van der Waals surface area contributed by atoms with Gasteiger partial charge in [0, 0.05) is 25.6 Å². The van der Waals surface area contributed by atoms with Crippen molar-refractivity contribution in [1.29, 1.82) is 0 Å². The van der Waals surface area contributed by atoms with Crippen molar-refractivity contribution in [2.45, 2.75) is 20.3 Å². The van der Waals surface area contributed by atoms with Crippen LogP contribution < -0.4 is 25.0 Å². The van der Waals surface area contributed by atoms with E-state index in [0.717, 1.165) is 5.56 Å². The molecular formula is C22H25N3O5. The van der Waals surface area contributed by atoms with Crippen LogP contribution in [-0.2, 0) is 14.4 Å². The second-order valence-electron chi connectivity index (χ2n) is 7.17. The molecule has 3 rings (SSSR count). The predicted molar refractivity (Wildman–Crippen MR) is 114 cm³/mol. The van der Waals surface area contributed by atoms with Crippen LogP contribution >= 0.6 is 0 Å². The number of methoxy groups -OCH3 is 2. The quantitative estimate of drug-likeness (QED) is 0.762. The maximum Gasteiger partial charge on any atom is 0.229 e. The van der Waals surface area contributed by atoms with E-state index in [0.29, 0.717) is 28.6 Å². The van der Waals surface area contributed by atoms with Gasteiger partial charge in [0.05, 0.1) is 31.5 Å². The van der Waals surface area contributed by atoms with Gasteiger partial charge in [-0.25, -0.2) is 0 Å². The summed E-state index contributed by atoms with van der Waals surface area (Å²) in [5, 5.41) is 5.50. The number of carbonyl (C=O) groups is 3. The lowest BCUT2D eigenvalue weighted by atomic mass is 10.1. The Hall–Kier alpha value is -3.55. The van der Waals surface area contributed by atoms with Crippen molar-refractivity contribution in [3.8, 4) is 11.5 Å². The maximum absolute atomic E-state index is 12.8.